The molecule has 0 aromatic rings. The summed E-state index contributed by atoms with van der Waals surface area (Å²) in [4.78, 5) is 27.2. The van der Waals surface area contributed by atoms with Gasteiger partial charge in [-0.1, -0.05) is 0 Å². The molecule has 0 aromatic carbocycles. The number of esters is 1. The minimum Gasteiger partial charge on any atom is -0.460 e. The maximum Gasteiger partial charge on any atom is 0.317 e. The van der Waals surface area contributed by atoms with Crippen LogP contribution in [-0.4, -0.2) is 66.2 Å². The molecular weight excluding hydrogens is 246 g/mol. The number of urea groups is 1. The molecule has 6 heteroatoms. The third-order valence-electron chi connectivity index (χ3n) is 3.37. The van der Waals surface area contributed by atoms with Gasteiger partial charge in [0.2, 0.25) is 0 Å². The average molecular weight is 269 g/mol. The molecule has 19 heavy (non-hydrogen) atoms. The van der Waals surface area contributed by atoms with E-state index < -0.39 is 5.60 Å². The number of amides is 2. The number of nitrogens with one attached hydrogen (secondary N) is 1. The smallest absolute Gasteiger partial charge is 0.317 e. The predicted octanol–water partition coefficient (Wildman–Crippen LogP) is 0.428. The first-order valence-electron chi connectivity index (χ1n) is 6.84. The Morgan fingerprint density at radius 3 is 2.84 bits per heavy atom. The Bertz CT molecular complexity index is 365. The number of hydrogen-bond donors (Lipinski definition) is 1. The van der Waals surface area contributed by atoms with Crippen molar-refractivity contribution in [1.29, 1.82) is 0 Å². The molecule has 6 nitrogen and oxygen atoms in total. The summed E-state index contributed by atoms with van der Waals surface area (Å²) < 4.78 is 5.29. The van der Waals surface area contributed by atoms with Gasteiger partial charge in [-0.25, -0.2) is 4.79 Å². The molecule has 1 N–H and O–H groups in total. The molecule has 2 heterocycles. The van der Waals surface area contributed by atoms with Crippen LogP contribution in [0.3, 0.4) is 0 Å². The van der Waals surface area contributed by atoms with Crippen LogP contribution in [0.25, 0.3) is 0 Å². The van der Waals surface area contributed by atoms with E-state index >= 15 is 0 Å². The predicted molar refractivity (Wildman–Crippen MR) is 70.8 cm³/mol. The highest BCUT2D eigenvalue weighted by molar-refractivity contribution is 5.77. The van der Waals surface area contributed by atoms with E-state index in [9.17, 15) is 9.59 Å². The SMILES string of the molecule is CC(C)(C)OC(=O)CCN1CCN2C(=O)NCC2C1. The molecule has 2 amide bonds. The zero-order valence-electron chi connectivity index (χ0n) is 11.9. The van der Waals surface area contributed by atoms with Crippen molar-refractivity contribution < 1.29 is 14.3 Å². The van der Waals surface area contributed by atoms with Crippen molar-refractivity contribution >= 4 is 12.0 Å². The van der Waals surface area contributed by atoms with Crippen LogP contribution in [0.1, 0.15) is 27.2 Å². The first-order valence-corrected chi connectivity index (χ1v) is 6.84. The number of nitrogens with zero attached hydrogens (tertiary/aromatic N) is 2. The van der Waals surface area contributed by atoms with Crippen LogP contribution in [0.4, 0.5) is 4.79 Å². The second kappa shape index (κ2) is 5.36. The standard InChI is InChI=1S/C13H23N3O3/c1-13(2,3)19-11(17)4-5-15-6-7-16-10(9-15)8-14-12(16)18/h10H,4-9H2,1-3H3,(H,14,18). The zero-order valence-corrected chi connectivity index (χ0v) is 11.9. The van der Waals surface area contributed by atoms with Gasteiger partial charge in [-0.3, -0.25) is 9.69 Å². The van der Waals surface area contributed by atoms with Crippen molar-refractivity contribution in [3.63, 3.8) is 0 Å². The summed E-state index contributed by atoms with van der Waals surface area (Å²) in [7, 11) is 0. The van der Waals surface area contributed by atoms with E-state index in [2.05, 4.69) is 10.2 Å². The lowest BCUT2D eigenvalue weighted by molar-refractivity contribution is -0.155. The van der Waals surface area contributed by atoms with Gasteiger partial charge in [-0.05, 0) is 20.8 Å². The van der Waals surface area contributed by atoms with Gasteiger partial charge in [0.1, 0.15) is 5.60 Å². The third-order valence-corrected chi connectivity index (χ3v) is 3.37. The summed E-state index contributed by atoms with van der Waals surface area (Å²) in [5, 5.41) is 2.85. The Morgan fingerprint density at radius 2 is 2.16 bits per heavy atom. The summed E-state index contributed by atoms with van der Waals surface area (Å²) in [5.74, 6) is -0.157. The highest BCUT2D eigenvalue weighted by Gasteiger charge is 2.35. The van der Waals surface area contributed by atoms with E-state index in [1.165, 1.54) is 0 Å². The van der Waals surface area contributed by atoms with Crippen molar-refractivity contribution in [2.24, 2.45) is 0 Å². The molecule has 2 rings (SSSR count). The van der Waals surface area contributed by atoms with Crippen molar-refractivity contribution in [1.82, 2.24) is 15.1 Å². The number of ether oxygens (including phenoxy) is 1. The number of rotatable bonds is 3. The van der Waals surface area contributed by atoms with Crippen LogP contribution in [0, 0.1) is 0 Å². The van der Waals surface area contributed by atoms with Crippen molar-refractivity contribution in [3.8, 4) is 0 Å². The number of hydrogen-bond acceptors (Lipinski definition) is 4. The summed E-state index contributed by atoms with van der Waals surface area (Å²) in [6.07, 6.45) is 0.408. The Labute approximate surface area is 114 Å². The third kappa shape index (κ3) is 3.83. The zero-order chi connectivity index (χ0) is 14.0. The maximum atomic E-state index is 11.7. The van der Waals surface area contributed by atoms with Crippen molar-refractivity contribution in [3.05, 3.63) is 0 Å². The van der Waals surface area contributed by atoms with Crippen LogP contribution in [-0.2, 0) is 9.53 Å². The lowest BCUT2D eigenvalue weighted by Gasteiger charge is -2.36. The quantitative estimate of drug-likeness (QED) is 0.755. The van der Waals surface area contributed by atoms with E-state index in [0.29, 0.717) is 19.5 Å². The lowest BCUT2D eigenvalue weighted by Crippen LogP contribution is -2.52. The number of carbonyl (C=O) groups is 2. The number of fused-ring (bicyclic) bond motifs is 1. The van der Waals surface area contributed by atoms with Crippen LogP contribution in [0.5, 0.6) is 0 Å². The molecule has 2 aliphatic rings. The molecule has 0 aliphatic carbocycles. The molecule has 1 unspecified atom stereocenters. The van der Waals surface area contributed by atoms with Gasteiger partial charge in [0.15, 0.2) is 0 Å². The van der Waals surface area contributed by atoms with Crippen LogP contribution >= 0.6 is 0 Å². The van der Waals surface area contributed by atoms with Gasteiger partial charge in [0.05, 0.1) is 12.5 Å². The fourth-order valence-electron chi connectivity index (χ4n) is 2.51. The van der Waals surface area contributed by atoms with E-state index in [1.807, 2.05) is 25.7 Å². The Balaban J connectivity index is 1.73. The molecule has 2 fully saturated rings. The summed E-state index contributed by atoms with van der Waals surface area (Å²) >= 11 is 0. The van der Waals surface area contributed by atoms with Crippen molar-refractivity contribution in [2.45, 2.75) is 38.8 Å². The number of carbonyl (C=O) groups excluding carboxylic acids is 2. The van der Waals surface area contributed by atoms with Gasteiger partial charge in [0.25, 0.3) is 0 Å². The van der Waals surface area contributed by atoms with Gasteiger partial charge in [-0.2, -0.15) is 0 Å². The molecule has 0 spiro atoms. The highest BCUT2D eigenvalue weighted by atomic mass is 16.6. The molecule has 1 atom stereocenters. The van der Waals surface area contributed by atoms with E-state index in [4.69, 9.17) is 4.74 Å². The fraction of sp³-hybridized carbons (Fsp3) is 0.846. The normalized spacial score (nSPS) is 24.1. The van der Waals surface area contributed by atoms with E-state index in [1.54, 1.807) is 0 Å². The number of piperazine rings is 1. The molecule has 108 valence electrons. The van der Waals surface area contributed by atoms with Crippen LogP contribution < -0.4 is 5.32 Å². The Kier molecular flexibility index (Phi) is 3.99. The Morgan fingerprint density at radius 1 is 1.42 bits per heavy atom. The minimum absolute atomic E-state index is 0.0387. The van der Waals surface area contributed by atoms with E-state index in [-0.39, 0.29) is 18.0 Å². The van der Waals surface area contributed by atoms with Crippen molar-refractivity contribution in [2.75, 3.05) is 32.7 Å². The summed E-state index contributed by atoms with van der Waals surface area (Å²) in [6, 6.07) is 0.289. The largest absolute Gasteiger partial charge is 0.460 e. The maximum absolute atomic E-state index is 11.7. The Hall–Kier alpha value is -1.30. The summed E-state index contributed by atoms with van der Waals surface area (Å²) in [6.45, 7) is 9.44. The molecule has 0 bridgehead atoms. The molecule has 2 aliphatic heterocycles. The average Bonchev–Trinajstić information content (AvgIpc) is 2.66. The van der Waals surface area contributed by atoms with E-state index in [0.717, 1.165) is 19.6 Å². The lowest BCUT2D eigenvalue weighted by atomic mass is 10.2. The van der Waals surface area contributed by atoms with Gasteiger partial charge >= 0.3 is 12.0 Å². The first-order chi connectivity index (χ1) is 8.85. The molecule has 0 aromatic heterocycles. The van der Waals surface area contributed by atoms with Gasteiger partial charge in [-0.15, -0.1) is 0 Å². The monoisotopic (exact) mass is 269 g/mol. The highest BCUT2D eigenvalue weighted by Crippen LogP contribution is 2.15. The van der Waals surface area contributed by atoms with Gasteiger partial charge < -0.3 is 15.0 Å². The molecule has 2 saturated heterocycles. The molecular formula is C13H23N3O3. The first kappa shape index (κ1) is 14.1. The minimum atomic E-state index is -0.419. The molecule has 0 radical (unpaired) electrons. The second-order valence-electron chi connectivity index (χ2n) is 6.17. The fourth-order valence-corrected chi connectivity index (χ4v) is 2.51. The van der Waals surface area contributed by atoms with Crippen LogP contribution in [0.15, 0.2) is 0 Å². The topological polar surface area (TPSA) is 61.9 Å². The second-order valence-corrected chi connectivity index (χ2v) is 6.17. The summed E-state index contributed by atoms with van der Waals surface area (Å²) in [5.41, 5.74) is -0.419. The van der Waals surface area contributed by atoms with Crippen LogP contribution in [0.2, 0.25) is 0 Å². The van der Waals surface area contributed by atoms with Gasteiger partial charge in [0, 0.05) is 32.7 Å². The molecule has 0 saturated carbocycles.